The van der Waals surface area contributed by atoms with Crippen molar-refractivity contribution >= 4 is 11.6 Å². The molecule has 1 aliphatic heterocycles. The van der Waals surface area contributed by atoms with Gasteiger partial charge in [0.2, 0.25) is 0 Å². The molecule has 1 heterocycles. The fourth-order valence-electron chi connectivity index (χ4n) is 3.92. The first kappa shape index (κ1) is 17.1. The van der Waals surface area contributed by atoms with Crippen LogP contribution in [0.1, 0.15) is 39.9 Å². The van der Waals surface area contributed by atoms with Gasteiger partial charge in [-0.3, -0.25) is 4.79 Å². The Morgan fingerprint density at radius 3 is 2.62 bits per heavy atom. The van der Waals surface area contributed by atoms with Gasteiger partial charge in [-0.15, -0.1) is 0 Å². The summed E-state index contributed by atoms with van der Waals surface area (Å²) in [6, 6.07) is 14.5. The zero-order valence-corrected chi connectivity index (χ0v) is 15.2. The van der Waals surface area contributed by atoms with Gasteiger partial charge in [-0.1, -0.05) is 30.3 Å². The lowest BCUT2D eigenvalue weighted by Gasteiger charge is -2.30. The zero-order chi connectivity index (χ0) is 17.8. The zero-order valence-electron chi connectivity index (χ0n) is 15.2. The molecule has 4 rings (SSSR count). The molecule has 4 heteroatoms. The number of fused-ring (bicyclic) bond motifs is 1. The Morgan fingerprint density at radius 1 is 1.00 bits per heavy atom. The van der Waals surface area contributed by atoms with Crippen LogP contribution in [0.25, 0.3) is 0 Å². The average molecular weight is 350 g/mol. The number of carbonyl (C=O) groups is 1. The molecular formula is C22H26N2O2. The first-order chi connectivity index (χ1) is 12.8. The number of rotatable bonds is 4. The Hall–Kier alpha value is -2.33. The summed E-state index contributed by atoms with van der Waals surface area (Å²) in [7, 11) is 0. The van der Waals surface area contributed by atoms with E-state index in [4.69, 9.17) is 4.74 Å². The molecule has 0 radical (unpaired) electrons. The van der Waals surface area contributed by atoms with Crippen LogP contribution in [0.4, 0.5) is 5.69 Å². The highest BCUT2D eigenvalue weighted by atomic mass is 16.5. The number of para-hydroxylation sites is 1. The van der Waals surface area contributed by atoms with E-state index in [1.54, 1.807) is 0 Å². The van der Waals surface area contributed by atoms with Crippen molar-refractivity contribution in [1.29, 1.82) is 0 Å². The van der Waals surface area contributed by atoms with Gasteiger partial charge in [0.1, 0.15) is 0 Å². The molecular weight excluding hydrogens is 324 g/mol. The number of morpholine rings is 1. The largest absolute Gasteiger partial charge is 0.378 e. The average Bonchev–Trinajstić information content (AvgIpc) is 2.72. The van der Waals surface area contributed by atoms with Crippen LogP contribution in [-0.2, 0) is 24.1 Å². The fraction of sp³-hybridized carbons (Fsp3) is 0.409. The molecule has 0 bridgehead atoms. The lowest BCUT2D eigenvalue weighted by atomic mass is 9.90. The van der Waals surface area contributed by atoms with Gasteiger partial charge >= 0.3 is 0 Å². The van der Waals surface area contributed by atoms with E-state index in [1.807, 2.05) is 24.3 Å². The summed E-state index contributed by atoms with van der Waals surface area (Å²) in [6.07, 6.45) is 4.92. The van der Waals surface area contributed by atoms with E-state index in [-0.39, 0.29) is 5.91 Å². The highest BCUT2D eigenvalue weighted by molar-refractivity contribution is 5.99. The number of nitrogens with one attached hydrogen (secondary N) is 1. The van der Waals surface area contributed by atoms with E-state index < -0.39 is 0 Å². The Kier molecular flexibility index (Phi) is 5.21. The van der Waals surface area contributed by atoms with Crippen LogP contribution in [0.5, 0.6) is 0 Å². The van der Waals surface area contributed by atoms with Gasteiger partial charge in [0.15, 0.2) is 0 Å². The van der Waals surface area contributed by atoms with Crippen LogP contribution in [0.2, 0.25) is 0 Å². The third kappa shape index (κ3) is 3.75. The van der Waals surface area contributed by atoms with Crippen molar-refractivity contribution in [3.63, 3.8) is 0 Å². The molecule has 1 amide bonds. The maximum atomic E-state index is 12.8. The summed E-state index contributed by atoms with van der Waals surface area (Å²) in [5.74, 6) is -0.00943. The molecule has 136 valence electrons. The predicted octanol–water partition coefficient (Wildman–Crippen LogP) is 3.33. The highest BCUT2D eigenvalue weighted by Crippen LogP contribution is 2.23. The molecule has 0 saturated carbocycles. The minimum absolute atomic E-state index is 0.00943. The first-order valence-electron chi connectivity index (χ1n) is 9.62. The van der Waals surface area contributed by atoms with Crippen LogP contribution in [0.3, 0.4) is 0 Å². The molecule has 0 atom stereocenters. The highest BCUT2D eigenvalue weighted by Gasteiger charge is 2.18. The molecule has 1 aliphatic carbocycles. The number of ether oxygens (including phenoxy) is 1. The molecule has 0 unspecified atom stereocenters. The van der Waals surface area contributed by atoms with Crippen molar-refractivity contribution < 1.29 is 9.53 Å². The number of nitrogens with zero attached hydrogens (tertiary/aromatic N) is 1. The van der Waals surface area contributed by atoms with Crippen molar-refractivity contribution in [3.05, 3.63) is 64.7 Å². The molecule has 1 N–H and O–H groups in total. The SMILES string of the molecule is O=C(NCc1ccc2c(c1)CCCC2)c1ccccc1N1CCOCC1. The summed E-state index contributed by atoms with van der Waals surface area (Å²) < 4.78 is 5.43. The molecule has 2 aromatic carbocycles. The predicted molar refractivity (Wildman–Crippen MR) is 104 cm³/mol. The second-order valence-electron chi connectivity index (χ2n) is 7.11. The Balaban J connectivity index is 1.45. The second-order valence-corrected chi connectivity index (χ2v) is 7.11. The number of carbonyl (C=O) groups excluding carboxylic acids is 1. The quantitative estimate of drug-likeness (QED) is 0.920. The summed E-state index contributed by atoms with van der Waals surface area (Å²) in [6.45, 7) is 3.66. The minimum Gasteiger partial charge on any atom is -0.378 e. The monoisotopic (exact) mass is 350 g/mol. The molecule has 2 aromatic rings. The maximum absolute atomic E-state index is 12.8. The van der Waals surface area contributed by atoms with Crippen LogP contribution in [0.15, 0.2) is 42.5 Å². The van der Waals surface area contributed by atoms with E-state index in [0.717, 1.165) is 30.8 Å². The number of hydrogen-bond acceptors (Lipinski definition) is 3. The molecule has 1 saturated heterocycles. The van der Waals surface area contributed by atoms with Gasteiger partial charge in [-0.2, -0.15) is 0 Å². The van der Waals surface area contributed by atoms with Crippen molar-refractivity contribution in [2.24, 2.45) is 0 Å². The third-order valence-corrected chi connectivity index (χ3v) is 5.37. The van der Waals surface area contributed by atoms with Crippen LogP contribution < -0.4 is 10.2 Å². The molecule has 1 fully saturated rings. The third-order valence-electron chi connectivity index (χ3n) is 5.37. The summed E-state index contributed by atoms with van der Waals surface area (Å²) >= 11 is 0. The maximum Gasteiger partial charge on any atom is 0.253 e. The van der Waals surface area contributed by atoms with Gasteiger partial charge in [0, 0.05) is 25.3 Å². The first-order valence-corrected chi connectivity index (χ1v) is 9.62. The summed E-state index contributed by atoms with van der Waals surface area (Å²) in [4.78, 5) is 15.0. The standard InChI is InChI=1S/C22H26N2O2/c25-22(20-7-3-4-8-21(20)24-11-13-26-14-12-24)23-16-17-9-10-18-5-1-2-6-19(18)15-17/h3-4,7-10,15H,1-2,5-6,11-14,16H2,(H,23,25). The van der Waals surface area contributed by atoms with Crippen molar-refractivity contribution in [2.75, 3.05) is 31.2 Å². The van der Waals surface area contributed by atoms with Gasteiger partial charge in [0.05, 0.1) is 18.8 Å². The number of aryl methyl sites for hydroxylation is 2. The van der Waals surface area contributed by atoms with Crippen molar-refractivity contribution in [3.8, 4) is 0 Å². The molecule has 2 aliphatic rings. The molecule has 0 aromatic heterocycles. The molecule has 0 spiro atoms. The Morgan fingerprint density at radius 2 is 1.77 bits per heavy atom. The summed E-state index contributed by atoms with van der Waals surface area (Å²) in [5.41, 5.74) is 5.86. The Bertz CT molecular complexity index is 781. The smallest absolute Gasteiger partial charge is 0.253 e. The van der Waals surface area contributed by atoms with E-state index in [0.29, 0.717) is 19.8 Å². The summed E-state index contributed by atoms with van der Waals surface area (Å²) in [5, 5.41) is 3.10. The second kappa shape index (κ2) is 7.92. The van der Waals surface area contributed by atoms with Gasteiger partial charge in [-0.25, -0.2) is 0 Å². The fourth-order valence-corrected chi connectivity index (χ4v) is 3.92. The number of anilines is 1. The van der Waals surface area contributed by atoms with E-state index in [2.05, 4.69) is 28.4 Å². The molecule has 4 nitrogen and oxygen atoms in total. The van der Waals surface area contributed by atoms with Crippen LogP contribution in [-0.4, -0.2) is 32.2 Å². The van der Waals surface area contributed by atoms with Gasteiger partial charge in [-0.05, 0) is 54.5 Å². The Labute approximate surface area is 155 Å². The topological polar surface area (TPSA) is 41.6 Å². The normalized spacial score (nSPS) is 16.8. The van der Waals surface area contributed by atoms with E-state index in [1.165, 1.54) is 36.0 Å². The number of hydrogen-bond donors (Lipinski definition) is 1. The van der Waals surface area contributed by atoms with Crippen LogP contribution in [0, 0.1) is 0 Å². The lowest BCUT2D eigenvalue weighted by Crippen LogP contribution is -2.37. The van der Waals surface area contributed by atoms with Gasteiger partial charge in [0.25, 0.3) is 5.91 Å². The minimum atomic E-state index is -0.00943. The van der Waals surface area contributed by atoms with E-state index in [9.17, 15) is 4.79 Å². The van der Waals surface area contributed by atoms with Crippen molar-refractivity contribution in [1.82, 2.24) is 5.32 Å². The number of benzene rings is 2. The van der Waals surface area contributed by atoms with Gasteiger partial charge < -0.3 is 15.0 Å². The van der Waals surface area contributed by atoms with Crippen molar-refractivity contribution in [2.45, 2.75) is 32.2 Å². The molecule has 26 heavy (non-hydrogen) atoms. The van der Waals surface area contributed by atoms with Crippen LogP contribution >= 0.6 is 0 Å². The number of amides is 1. The van der Waals surface area contributed by atoms with E-state index >= 15 is 0 Å². The lowest BCUT2D eigenvalue weighted by molar-refractivity contribution is 0.0949.